The lowest BCUT2D eigenvalue weighted by Gasteiger charge is -2.35. The zero-order valence-corrected chi connectivity index (χ0v) is 14.1. The quantitative estimate of drug-likeness (QED) is 0.737. The second-order valence-corrected chi connectivity index (χ2v) is 6.24. The molecule has 0 radical (unpaired) electrons. The van der Waals surface area contributed by atoms with Crippen molar-refractivity contribution in [1.29, 1.82) is 0 Å². The molecule has 0 unspecified atom stereocenters. The third kappa shape index (κ3) is 2.95. The minimum absolute atomic E-state index is 0.0435. The second-order valence-electron chi connectivity index (χ2n) is 6.24. The molecule has 1 saturated heterocycles. The largest absolute Gasteiger partial charge is 0.497 e. The predicted molar refractivity (Wildman–Crippen MR) is 93.6 cm³/mol. The second kappa shape index (κ2) is 6.55. The monoisotopic (exact) mass is 336 g/mol. The number of nitrogens with zero attached hydrogens (tertiary/aromatic N) is 4. The molecule has 1 fully saturated rings. The summed E-state index contributed by atoms with van der Waals surface area (Å²) in [5, 5.41) is 0. The molecule has 1 aliphatic heterocycles. The number of rotatable bonds is 3. The Morgan fingerprint density at radius 2 is 2.20 bits per heavy atom. The fraction of sp³-hybridized carbons (Fsp3) is 0.316. The summed E-state index contributed by atoms with van der Waals surface area (Å²) in [5.41, 5.74) is 1.54. The Bertz CT molecular complexity index is 872. The lowest BCUT2D eigenvalue weighted by Crippen LogP contribution is -2.38. The number of piperidine rings is 1. The molecule has 0 N–H and O–H groups in total. The molecule has 25 heavy (non-hydrogen) atoms. The Labute approximate surface area is 146 Å². The van der Waals surface area contributed by atoms with Crippen molar-refractivity contribution in [3.63, 3.8) is 0 Å². The van der Waals surface area contributed by atoms with Crippen molar-refractivity contribution in [2.45, 2.75) is 25.3 Å². The molecule has 4 rings (SSSR count). The molecule has 3 aromatic rings. The van der Waals surface area contributed by atoms with E-state index in [2.05, 4.69) is 16.0 Å². The summed E-state index contributed by atoms with van der Waals surface area (Å²) in [5.74, 6) is 1.31. The Hall–Kier alpha value is -2.89. The summed E-state index contributed by atoms with van der Waals surface area (Å²) in [6, 6.07) is 9.84. The van der Waals surface area contributed by atoms with Gasteiger partial charge in [-0.05, 0) is 43.0 Å². The highest BCUT2D eigenvalue weighted by Gasteiger charge is 2.30. The summed E-state index contributed by atoms with van der Waals surface area (Å²) in [4.78, 5) is 23.6. The molecular formula is C19H20N4O2. The average molecular weight is 336 g/mol. The van der Waals surface area contributed by atoms with E-state index >= 15 is 0 Å². The topological polar surface area (TPSA) is 59.7 Å². The van der Waals surface area contributed by atoms with Crippen LogP contribution >= 0.6 is 0 Å². The summed E-state index contributed by atoms with van der Waals surface area (Å²) in [6.07, 6.45) is 8.35. The highest BCUT2D eigenvalue weighted by atomic mass is 16.5. The van der Waals surface area contributed by atoms with Crippen LogP contribution in [-0.4, -0.2) is 38.8 Å². The highest BCUT2D eigenvalue weighted by molar-refractivity contribution is 5.93. The van der Waals surface area contributed by atoms with Crippen molar-refractivity contribution in [2.75, 3.05) is 13.7 Å². The minimum Gasteiger partial charge on any atom is -0.497 e. The van der Waals surface area contributed by atoms with E-state index in [0.717, 1.165) is 37.1 Å². The first-order valence-corrected chi connectivity index (χ1v) is 8.51. The van der Waals surface area contributed by atoms with Gasteiger partial charge >= 0.3 is 0 Å². The molecule has 6 heteroatoms. The number of ether oxygens (including phenoxy) is 1. The molecule has 1 amide bonds. The maximum absolute atomic E-state index is 13.1. The van der Waals surface area contributed by atoms with Gasteiger partial charge in [-0.3, -0.25) is 9.20 Å². The van der Waals surface area contributed by atoms with Gasteiger partial charge in [0.05, 0.1) is 13.2 Å². The van der Waals surface area contributed by atoms with Crippen LogP contribution in [0.4, 0.5) is 0 Å². The van der Waals surface area contributed by atoms with Crippen LogP contribution in [0, 0.1) is 0 Å². The molecule has 0 spiro atoms. The Balaban J connectivity index is 1.66. The number of aromatic nitrogens is 3. The number of hydrogen-bond donors (Lipinski definition) is 0. The molecule has 3 heterocycles. The van der Waals surface area contributed by atoms with Crippen LogP contribution in [0.2, 0.25) is 0 Å². The first kappa shape index (κ1) is 15.6. The minimum atomic E-state index is -0.0435. The third-order valence-electron chi connectivity index (χ3n) is 4.70. The fourth-order valence-electron chi connectivity index (χ4n) is 3.45. The van der Waals surface area contributed by atoms with E-state index in [1.54, 1.807) is 23.9 Å². The average Bonchev–Trinajstić information content (AvgIpc) is 3.11. The van der Waals surface area contributed by atoms with Gasteiger partial charge in [-0.25, -0.2) is 9.97 Å². The number of amides is 1. The summed E-state index contributed by atoms with van der Waals surface area (Å²) < 4.78 is 7.11. The van der Waals surface area contributed by atoms with Gasteiger partial charge in [-0.2, -0.15) is 0 Å². The Morgan fingerprint density at radius 1 is 1.28 bits per heavy atom. The van der Waals surface area contributed by atoms with Crippen LogP contribution in [0.25, 0.3) is 5.78 Å². The van der Waals surface area contributed by atoms with Crippen LogP contribution in [0.5, 0.6) is 5.75 Å². The van der Waals surface area contributed by atoms with Crippen LogP contribution in [-0.2, 0) is 0 Å². The lowest BCUT2D eigenvalue weighted by atomic mass is 9.94. The Kier molecular flexibility index (Phi) is 4.09. The van der Waals surface area contributed by atoms with E-state index in [-0.39, 0.29) is 11.9 Å². The third-order valence-corrected chi connectivity index (χ3v) is 4.70. The number of fused-ring (bicyclic) bond motifs is 1. The van der Waals surface area contributed by atoms with Gasteiger partial charge in [-0.15, -0.1) is 0 Å². The van der Waals surface area contributed by atoms with E-state index in [9.17, 15) is 4.79 Å². The van der Waals surface area contributed by atoms with Crippen molar-refractivity contribution in [1.82, 2.24) is 19.3 Å². The summed E-state index contributed by atoms with van der Waals surface area (Å²) in [7, 11) is 1.66. The number of likely N-dealkylation sites (tertiary alicyclic amines) is 1. The zero-order chi connectivity index (χ0) is 17.2. The molecule has 2 aromatic heterocycles. The number of benzene rings is 1. The first-order chi connectivity index (χ1) is 12.3. The molecule has 6 nitrogen and oxygen atoms in total. The van der Waals surface area contributed by atoms with E-state index in [1.165, 1.54) is 0 Å². The van der Waals surface area contributed by atoms with Gasteiger partial charge in [-0.1, -0.05) is 12.1 Å². The summed E-state index contributed by atoms with van der Waals surface area (Å²) >= 11 is 0. The van der Waals surface area contributed by atoms with Crippen molar-refractivity contribution in [3.05, 3.63) is 60.2 Å². The molecule has 128 valence electrons. The van der Waals surface area contributed by atoms with Crippen LogP contribution in [0.3, 0.4) is 0 Å². The van der Waals surface area contributed by atoms with Gasteiger partial charge in [0.15, 0.2) is 0 Å². The SMILES string of the molecule is COc1cccc([C@@H]2CCCCN2C(=O)c2cn3cccnc3n2)c1. The van der Waals surface area contributed by atoms with Crippen LogP contribution in [0.1, 0.15) is 41.4 Å². The van der Waals surface area contributed by atoms with Gasteiger partial charge in [0.2, 0.25) is 5.78 Å². The van der Waals surface area contributed by atoms with Crippen molar-refractivity contribution < 1.29 is 9.53 Å². The molecule has 1 aliphatic rings. The smallest absolute Gasteiger partial charge is 0.274 e. The van der Waals surface area contributed by atoms with Gasteiger partial charge in [0.1, 0.15) is 11.4 Å². The van der Waals surface area contributed by atoms with E-state index in [0.29, 0.717) is 11.5 Å². The molecule has 0 aliphatic carbocycles. The number of methoxy groups -OCH3 is 1. The standard InChI is InChI=1S/C19H20N4O2/c1-25-15-7-4-6-14(12-15)17-8-2-3-11-23(17)18(24)16-13-22-10-5-9-20-19(22)21-16/h4-7,9-10,12-13,17H,2-3,8,11H2,1H3/t17-/m0/s1. The number of hydrogen-bond acceptors (Lipinski definition) is 4. The number of carbonyl (C=O) groups excluding carboxylic acids is 1. The maximum atomic E-state index is 13.1. The molecule has 1 aromatic carbocycles. The lowest BCUT2D eigenvalue weighted by molar-refractivity contribution is 0.0606. The summed E-state index contributed by atoms with van der Waals surface area (Å²) in [6.45, 7) is 0.738. The van der Waals surface area contributed by atoms with Crippen LogP contribution < -0.4 is 4.74 Å². The van der Waals surface area contributed by atoms with Crippen molar-refractivity contribution in [2.24, 2.45) is 0 Å². The van der Waals surface area contributed by atoms with Crippen molar-refractivity contribution >= 4 is 11.7 Å². The Morgan fingerprint density at radius 3 is 3.04 bits per heavy atom. The molecule has 1 atom stereocenters. The van der Waals surface area contributed by atoms with Gasteiger partial charge < -0.3 is 9.64 Å². The van der Waals surface area contributed by atoms with Gasteiger partial charge in [0.25, 0.3) is 5.91 Å². The molecule has 0 saturated carbocycles. The van der Waals surface area contributed by atoms with E-state index in [4.69, 9.17) is 4.74 Å². The van der Waals surface area contributed by atoms with E-state index < -0.39 is 0 Å². The van der Waals surface area contributed by atoms with Gasteiger partial charge in [0, 0.05) is 25.1 Å². The zero-order valence-electron chi connectivity index (χ0n) is 14.1. The fourth-order valence-corrected chi connectivity index (χ4v) is 3.45. The maximum Gasteiger partial charge on any atom is 0.274 e. The van der Waals surface area contributed by atoms with Crippen molar-refractivity contribution in [3.8, 4) is 5.75 Å². The van der Waals surface area contributed by atoms with Crippen LogP contribution in [0.15, 0.2) is 48.9 Å². The normalized spacial score (nSPS) is 17.6. The highest BCUT2D eigenvalue weighted by Crippen LogP contribution is 2.33. The molecule has 0 bridgehead atoms. The predicted octanol–water partition coefficient (Wildman–Crippen LogP) is 3.11. The first-order valence-electron chi connectivity index (χ1n) is 8.51. The number of carbonyl (C=O) groups is 1. The van der Waals surface area contributed by atoms with E-state index in [1.807, 2.05) is 35.4 Å². The molecular weight excluding hydrogens is 316 g/mol. The number of imidazole rings is 1.